The minimum absolute atomic E-state index is 0.389. The van der Waals surface area contributed by atoms with Crippen molar-refractivity contribution in [2.75, 3.05) is 5.73 Å². The number of rotatable bonds is 1. The van der Waals surface area contributed by atoms with Gasteiger partial charge >= 0.3 is 0 Å². The van der Waals surface area contributed by atoms with Crippen molar-refractivity contribution in [3.05, 3.63) is 45.5 Å². The number of halogens is 2. The van der Waals surface area contributed by atoms with E-state index in [2.05, 4.69) is 25.9 Å². The smallest absolute Gasteiger partial charge is 0.207 e. The van der Waals surface area contributed by atoms with Crippen molar-refractivity contribution in [1.82, 2.24) is 14.5 Å². The van der Waals surface area contributed by atoms with Crippen molar-refractivity contribution in [2.45, 2.75) is 6.92 Å². The topological polar surface area (TPSA) is 56.7 Å². The number of fused-ring (bicyclic) bond motifs is 1. The molecule has 0 saturated carbocycles. The van der Waals surface area contributed by atoms with Gasteiger partial charge in [-0.3, -0.25) is 4.57 Å². The minimum atomic E-state index is 0.389. The number of aryl methyl sites for hydroxylation is 1. The van der Waals surface area contributed by atoms with Crippen LogP contribution in [0.25, 0.3) is 16.9 Å². The van der Waals surface area contributed by atoms with Gasteiger partial charge in [-0.25, -0.2) is 9.97 Å². The van der Waals surface area contributed by atoms with Crippen LogP contribution < -0.4 is 5.73 Å². The Morgan fingerprint density at radius 2 is 2.11 bits per heavy atom. The zero-order chi connectivity index (χ0) is 13.6. The molecule has 0 atom stereocenters. The average molecular weight is 338 g/mol. The standard InChI is InChI=1S/C13H10BrClN4/c1-7-5-6-17-12-11(7)18-13(16)19(12)9-4-2-3-8(15)10(9)14/h2-6H,1H3,(H2,16,18). The molecule has 3 rings (SSSR count). The number of imidazole rings is 1. The van der Waals surface area contributed by atoms with Crippen molar-refractivity contribution in [1.29, 1.82) is 0 Å². The van der Waals surface area contributed by atoms with E-state index in [0.29, 0.717) is 11.0 Å². The van der Waals surface area contributed by atoms with E-state index >= 15 is 0 Å². The van der Waals surface area contributed by atoms with E-state index in [1.54, 1.807) is 10.8 Å². The Labute approximate surface area is 123 Å². The van der Waals surface area contributed by atoms with Crippen LogP contribution in [0.2, 0.25) is 5.02 Å². The molecule has 2 N–H and O–H groups in total. The molecule has 0 fully saturated rings. The second kappa shape index (κ2) is 4.51. The molecule has 96 valence electrons. The Balaban J connectivity index is 2.40. The fraction of sp³-hybridized carbons (Fsp3) is 0.0769. The number of anilines is 1. The van der Waals surface area contributed by atoms with Crippen LogP contribution in [0.3, 0.4) is 0 Å². The van der Waals surface area contributed by atoms with Crippen LogP contribution >= 0.6 is 27.5 Å². The molecule has 0 aliphatic heterocycles. The SMILES string of the molecule is Cc1ccnc2c1nc(N)n2-c1cccc(Cl)c1Br. The third kappa shape index (κ3) is 1.89. The predicted octanol–water partition coefficient (Wildman–Crippen LogP) is 3.73. The van der Waals surface area contributed by atoms with E-state index in [-0.39, 0.29) is 0 Å². The molecule has 2 aromatic heterocycles. The lowest BCUT2D eigenvalue weighted by Gasteiger charge is -2.09. The van der Waals surface area contributed by atoms with Crippen molar-refractivity contribution in [2.24, 2.45) is 0 Å². The van der Waals surface area contributed by atoms with Crippen LogP contribution in [0.5, 0.6) is 0 Å². The van der Waals surface area contributed by atoms with Crippen molar-refractivity contribution < 1.29 is 0 Å². The van der Waals surface area contributed by atoms with Crippen molar-refractivity contribution in [3.63, 3.8) is 0 Å². The summed E-state index contributed by atoms with van der Waals surface area (Å²) >= 11 is 9.60. The third-order valence-corrected chi connectivity index (χ3v) is 4.32. The fourth-order valence-corrected chi connectivity index (χ4v) is 2.62. The molecular weight excluding hydrogens is 328 g/mol. The first-order valence-corrected chi connectivity index (χ1v) is 6.80. The maximum Gasteiger partial charge on any atom is 0.207 e. The highest BCUT2D eigenvalue weighted by Gasteiger charge is 2.15. The molecule has 3 aromatic rings. The van der Waals surface area contributed by atoms with Gasteiger partial charge in [0, 0.05) is 6.20 Å². The van der Waals surface area contributed by atoms with Gasteiger partial charge in [0.25, 0.3) is 0 Å². The number of pyridine rings is 1. The van der Waals surface area contributed by atoms with E-state index < -0.39 is 0 Å². The summed E-state index contributed by atoms with van der Waals surface area (Å²) in [6.07, 6.45) is 1.74. The van der Waals surface area contributed by atoms with Crippen LogP contribution in [0.15, 0.2) is 34.9 Å². The monoisotopic (exact) mass is 336 g/mol. The zero-order valence-corrected chi connectivity index (χ0v) is 12.4. The summed E-state index contributed by atoms with van der Waals surface area (Å²) in [4.78, 5) is 8.74. The maximum atomic E-state index is 6.12. The molecule has 1 aromatic carbocycles. The van der Waals surface area contributed by atoms with Crippen LogP contribution in [-0.2, 0) is 0 Å². The summed E-state index contributed by atoms with van der Waals surface area (Å²) in [6, 6.07) is 7.50. The second-order valence-electron chi connectivity index (χ2n) is 4.18. The highest BCUT2D eigenvalue weighted by Crippen LogP contribution is 2.32. The molecule has 0 aliphatic rings. The largest absolute Gasteiger partial charge is 0.369 e. The molecule has 0 amide bonds. The molecule has 0 spiro atoms. The molecule has 0 saturated heterocycles. The van der Waals surface area contributed by atoms with Crippen molar-refractivity contribution in [3.8, 4) is 5.69 Å². The summed E-state index contributed by atoms with van der Waals surface area (Å²) in [6.45, 7) is 1.98. The quantitative estimate of drug-likeness (QED) is 0.736. The van der Waals surface area contributed by atoms with E-state index in [1.165, 1.54) is 0 Å². The summed E-state index contributed by atoms with van der Waals surface area (Å²) in [7, 11) is 0. The second-order valence-corrected chi connectivity index (χ2v) is 5.38. The molecule has 4 nitrogen and oxygen atoms in total. The number of benzene rings is 1. The van der Waals surface area contributed by atoms with Gasteiger partial charge in [0.2, 0.25) is 5.95 Å². The lowest BCUT2D eigenvalue weighted by atomic mass is 10.2. The molecule has 0 radical (unpaired) electrons. The van der Waals surface area contributed by atoms with Gasteiger partial charge in [0.1, 0.15) is 5.52 Å². The van der Waals surface area contributed by atoms with Crippen LogP contribution in [0.1, 0.15) is 5.56 Å². The Morgan fingerprint density at radius 3 is 2.89 bits per heavy atom. The van der Waals surface area contributed by atoms with Crippen molar-refractivity contribution >= 4 is 44.6 Å². The first-order chi connectivity index (χ1) is 9.09. The van der Waals surface area contributed by atoms with E-state index in [0.717, 1.165) is 26.9 Å². The number of aromatic nitrogens is 3. The lowest BCUT2D eigenvalue weighted by molar-refractivity contribution is 1.08. The van der Waals surface area contributed by atoms with E-state index in [9.17, 15) is 0 Å². The first-order valence-electron chi connectivity index (χ1n) is 5.63. The normalized spacial score (nSPS) is 11.1. The minimum Gasteiger partial charge on any atom is -0.369 e. The highest BCUT2D eigenvalue weighted by molar-refractivity contribution is 9.10. The first kappa shape index (κ1) is 12.4. The zero-order valence-electron chi connectivity index (χ0n) is 10.1. The predicted molar refractivity (Wildman–Crippen MR) is 80.7 cm³/mol. The van der Waals surface area contributed by atoms with Gasteiger partial charge in [0.15, 0.2) is 5.65 Å². The Morgan fingerprint density at radius 1 is 1.32 bits per heavy atom. The Bertz CT molecular complexity index is 782. The number of nitrogen functional groups attached to an aromatic ring is 1. The lowest BCUT2D eigenvalue weighted by Crippen LogP contribution is -2.02. The number of hydrogen-bond donors (Lipinski definition) is 1. The van der Waals surface area contributed by atoms with Gasteiger partial charge in [-0.15, -0.1) is 0 Å². The van der Waals surface area contributed by atoms with Gasteiger partial charge in [0.05, 0.1) is 15.2 Å². The Kier molecular flexibility index (Phi) is 2.95. The number of nitrogens with two attached hydrogens (primary N) is 1. The summed E-state index contributed by atoms with van der Waals surface area (Å²) in [5.74, 6) is 0.389. The summed E-state index contributed by atoms with van der Waals surface area (Å²) in [5, 5.41) is 0.617. The van der Waals surface area contributed by atoms with Crippen LogP contribution in [0, 0.1) is 6.92 Å². The van der Waals surface area contributed by atoms with Crippen LogP contribution in [0.4, 0.5) is 5.95 Å². The number of nitrogens with zero attached hydrogens (tertiary/aromatic N) is 3. The number of hydrogen-bond acceptors (Lipinski definition) is 3. The summed E-state index contributed by atoms with van der Waals surface area (Å²) < 4.78 is 2.56. The Hall–Kier alpha value is -1.59. The fourth-order valence-electron chi connectivity index (χ4n) is 2.01. The molecule has 19 heavy (non-hydrogen) atoms. The molecular formula is C13H10BrClN4. The molecule has 0 aliphatic carbocycles. The highest BCUT2D eigenvalue weighted by atomic mass is 79.9. The third-order valence-electron chi connectivity index (χ3n) is 2.95. The molecule has 6 heteroatoms. The van der Waals surface area contributed by atoms with Gasteiger partial charge in [-0.2, -0.15) is 0 Å². The van der Waals surface area contributed by atoms with Crippen LogP contribution in [-0.4, -0.2) is 14.5 Å². The maximum absolute atomic E-state index is 6.12. The van der Waals surface area contributed by atoms with E-state index in [1.807, 2.05) is 31.2 Å². The molecule has 0 unspecified atom stereocenters. The summed E-state index contributed by atoms with van der Waals surface area (Å²) in [5.41, 5.74) is 9.40. The van der Waals surface area contributed by atoms with Gasteiger partial charge < -0.3 is 5.73 Å². The molecule has 2 heterocycles. The molecule has 0 bridgehead atoms. The van der Waals surface area contributed by atoms with Gasteiger partial charge in [-0.05, 0) is 46.6 Å². The average Bonchev–Trinajstić information content (AvgIpc) is 2.71. The van der Waals surface area contributed by atoms with E-state index in [4.69, 9.17) is 17.3 Å². The van der Waals surface area contributed by atoms with Gasteiger partial charge in [-0.1, -0.05) is 17.7 Å².